The second kappa shape index (κ2) is 6.35. The minimum absolute atomic E-state index is 0.442. The number of nitrogens with two attached hydrogens (primary N) is 1. The molecule has 0 aromatic heterocycles. The smallest absolute Gasteiger partial charge is 0.258 e. The van der Waals surface area contributed by atoms with Gasteiger partial charge >= 0.3 is 0 Å². The molecule has 113 valence electrons. The van der Waals surface area contributed by atoms with Crippen LogP contribution in [0.2, 0.25) is 0 Å². The molecule has 1 aromatic carbocycles. The number of piperidine rings is 1. The van der Waals surface area contributed by atoms with E-state index in [1.807, 2.05) is 6.07 Å². The third-order valence-electron chi connectivity index (χ3n) is 4.04. The molecule has 2 aliphatic heterocycles. The second-order valence-electron chi connectivity index (χ2n) is 5.66. The molecule has 2 aliphatic rings. The molecular weight excluding hydrogens is 268 g/mol. The standard InChI is InChI=1S/C16H21N2O3/c17-16(19)14-7-10-20-15-12(5-4-6-13(15)21-14)11-18-8-2-1-3-9-18/h5-6,14H,1-3,7-11H2,(H2,17,19). The summed E-state index contributed by atoms with van der Waals surface area (Å²) in [5, 5.41) is 0. The zero-order valence-corrected chi connectivity index (χ0v) is 12.1. The first kappa shape index (κ1) is 14.2. The highest BCUT2D eigenvalue weighted by Gasteiger charge is 2.25. The Labute approximate surface area is 125 Å². The lowest BCUT2D eigenvalue weighted by Gasteiger charge is -2.27. The normalized spacial score (nSPS) is 22.6. The largest absolute Gasteiger partial charge is 0.489 e. The fourth-order valence-electron chi connectivity index (χ4n) is 2.92. The lowest BCUT2D eigenvalue weighted by molar-refractivity contribution is -0.124. The Kier molecular flexibility index (Phi) is 4.29. The number of likely N-dealkylation sites (tertiary alicyclic amines) is 1. The summed E-state index contributed by atoms with van der Waals surface area (Å²) in [6.45, 7) is 3.52. The van der Waals surface area contributed by atoms with Gasteiger partial charge in [0.1, 0.15) is 0 Å². The van der Waals surface area contributed by atoms with Gasteiger partial charge in [0.05, 0.1) is 6.61 Å². The van der Waals surface area contributed by atoms with E-state index in [4.69, 9.17) is 15.2 Å². The van der Waals surface area contributed by atoms with Gasteiger partial charge in [-0.1, -0.05) is 6.42 Å². The van der Waals surface area contributed by atoms with Crippen LogP contribution in [0.15, 0.2) is 12.1 Å². The topological polar surface area (TPSA) is 64.8 Å². The number of carbonyl (C=O) groups excluding carboxylic acids is 1. The first-order chi connectivity index (χ1) is 10.2. The Morgan fingerprint density at radius 3 is 2.90 bits per heavy atom. The molecule has 21 heavy (non-hydrogen) atoms. The number of benzene rings is 1. The van der Waals surface area contributed by atoms with Crippen LogP contribution in [0.3, 0.4) is 0 Å². The zero-order chi connectivity index (χ0) is 14.7. The van der Waals surface area contributed by atoms with Crippen molar-refractivity contribution < 1.29 is 14.3 Å². The summed E-state index contributed by atoms with van der Waals surface area (Å²) in [5.74, 6) is 0.863. The van der Waals surface area contributed by atoms with Crippen molar-refractivity contribution in [2.24, 2.45) is 5.73 Å². The van der Waals surface area contributed by atoms with E-state index in [0.717, 1.165) is 30.9 Å². The first-order valence-electron chi connectivity index (χ1n) is 7.58. The van der Waals surface area contributed by atoms with Crippen molar-refractivity contribution in [1.82, 2.24) is 4.90 Å². The number of ether oxygens (including phenoxy) is 2. The minimum Gasteiger partial charge on any atom is -0.489 e. The van der Waals surface area contributed by atoms with Gasteiger partial charge in [-0.05, 0) is 44.1 Å². The van der Waals surface area contributed by atoms with Crippen LogP contribution in [0.1, 0.15) is 31.2 Å². The molecule has 3 rings (SSSR count). The van der Waals surface area contributed by atoms with Gasteiger partial charge in [-0.2, -0.15) is 0 Å². The van der Waals surface area contributed by atoms with E-state index in [2.05, 4.69) is 11.0 Å². The van der Waals surface area contributed by atoms with E-state index < -0.39 is 12.0 Å². The fourth-order valence-corrected chi connectivity index (χ4v) is 2.92. The van der Waals surface area contributed by atoms with Crippen LogP contribution in [-0.2, 0) is 11.3 Å². The lowest BCUT2D eigenvalue weighted by atomic mass is 10.1. The highest BCUT2D eigenvalue weighted by molar-refractivity contribution is 5.79. The highest BCUT2D eigenvalue weighted by Crippen LogP contribution is 2.35. The monoisotopic (exact) mass is 289 g/mol. The van der Waals surface area contributed by atoms with Gasteiger partial charge in [-0.25, -0.2) is 0 Å². The van der Waals surface area contributed by atoms with Crippen LogP contribution in [0.25, 0.3) is 0 Å². The van der Waals surface area contributed by atoms with Crippen LogP contribution >= 0.6 is 0 Å². The molecule has 0 aliphatic carbocycles. The maximum Gasteiger partial charge on any atom is 0.258 e. The van der Waals surface area contributed by atoms with Crippen LogP contribution in [-0.4, -0.2) is 36.6 Å². The van der Waals surface area contributed by atoms with Gasteiger partial charge in [-0.3, -0.25) is 9.69 Å². The molecular formula is C16H21N2O3. The lowest BCUT2D eigenvalue weighted by Crippen LogP contribution is -2.33. The summed E-state index contributed by atoms with van der Waals surface area (Å²) in [4.78, 5) is 13.8. The molecule has 1 fully saturated rings. The summed E-state index contributed by atoms with van der Waals surface area (Å²) < 4.78 is 11.5. The molecule has 2 heterocycles. The third kappa shape index (κ3) is 3.29. The molecule has 0 spiro atoms. The highest BCUT2D eigenvalue weighted by atomic mass is 16.5. The number of primary amides is 1. The maximum atomic E-state index is 11.3. The van der Waals surface area contributed by atoms with Crippen molar-refractivity contribution in [3.8, 4) is 11.5 Å². The number of amides is 1. The number of hydrogen-bond acceptors (Lipinski definition) is 4. The van der Waals surface area contributed by atoms with Gasteiger partial charge in [0.25, 0.3) is 5.91 Å². The van der Waals surface area contributed by atoms with Crippen molar-refractivity contribution in [1.29, 1.82) is 0 Å². The van der Waals surface area contributed by atoms with Gasteiger partial charge < -0.3 is 15.2 Å². The van der Waals surface area contributed by atoms with E-state index in [9.17, 15) is 4.79 Å². The van der Waals surface area contributed by atoms with Crippen LogP contribution in [0, 0.1) is 6.07 Å². The van der Waals surface area contributed by atoms with Crippen molar-refractivity contribution in [3.05, 3.63) is 23.8 Å². The Bertz CT molecular complexity index is 512. The van der Waals surface area contributed by atoms with Gasteiger partial charge in [0.15, 0.2) is 17.6 Å². The van der Waals surface area contributed by atoms with Crippen LogP contribution < -0.4 is 15.2 Å². The molecule has 0 bridgehead atoms. The van der Waals surface area contributed by atoms with Crippen molar-refractivity contribution in [2.45, 2.75) is 38.3 Å². The molecule has 1 radical (unpaired) electrons. The molecule has 0 saturated carbocycles. The predicted molar refractivity (Wildman–Crippen MR) is 78.1 cm³/mol. The SMILES string of the molecule is NC(=O)C1CCOc2c(CN3CCCCC3)c[c]cc2O1. The Hall–Kier alpha value is -1.75. The van der Waals surface area contributed by atoms with Gasteiger partial charge in [0, 0.05) is 18.5 Å². The number of rotatable bonds is 3. The summed E-state index contributed by atoms with van der Waals surface area (Å²) >= 11 is 0. The van der Waals surface area contributed by atoms with E-state index in [0.29, 0.717) is 18.8 Å². The van der Waals surface area contributed by atoms with Crippen LogP contribution in [0.4, 0.5) is 0 Å². The quantitative estimate of drug-likeness (QED) is 0.915. The van der Waals surface area contributed by atoms with E-state index >= 15 is 0 Å². The molecule has 1 atom stereocenters. The molecule has 5 heteroatoms. The van der Waals surface area contributed by atoms with E-state index in [1.54, 1.807) is 6.07 Å². The van der Waals surface area contributed by atoms with Crippen molar-refractivity contribution in [2.75, 3.05) is 19.7 Å². The Balaban J connectivity index is 1.79. The molecule has 5 nitrogen and oxygen atoms in total. The number of carbonyl (C=O) groups is 1. The number of fused-ring (bicyclic) bond motifs is 1. The fraction of sp³-hybridized carbons (Fsp3) is 0.562. The summed E-state index contributed by atoms with van der Waals surface area (Å²) in [5.41, 5.74) is 6.41. The van der Waals surface area contributed by atoms with Crippen molar-refractivity contribution >= 4 is 5.91 Å². The average Bonchev–Trinajstić information content (AvgIpc) is 2.71. The van der Waals surface area contributed by atoms with Crippen molar-refractivity contribution in [3.63, 3.8) is 0 Å². The zero-order valence-electron chi connectivity index (χ0n) is 12.1. The molecule has 2 N–H and O–H groups in total. The van der Waals surface area contributed by atoms with Gasteiger partial charge in [0.2, 0.25) is 0 Å². The predicted octanol–water partition coefficient (Wildman–Crippen LogP) is 1.49. The molecule has 1 aromatic rings. The molecule has 1 saturated heterocycles. The maximum absolute atomic E-state index is 11.3. The first-order valence-corrected chi connectivity index (χ1v) is 7.58. The molecule has 1 amide bonds. The Morgan fingerprint density at radius 2 is 2.14 bits per heavy atom. The molecule has 1 unspecified atom stereocenters. The summed E-state index contributed by atoms with van der Waals surface area (Å²) in [7, 11) is 0. The number of hydrogen-bond donors (Lipinski definition) is 1. The van der Waals surface area contributed by atoms with E-state index in [1.165, 1.54) is 19.3 Å². The van der Waals surface area contributed by atoms with E-state index in [-0.39, 0.29) is 0 Å². The van der Waals surface area contributed by atoms with Gasteiger partial charge in [-0.15, -0.1) is 0 Å². The average molecular weight is 289 g/mol. The third-order valence-corrected chi connectivity index (χ3v) is 4.04. The summed E-state index contributed by atoms with van der Waals surface area (Å²) in [6, 6.07) is 6.75. The van der Waals surface area contributed by atoms with Crippen LogP contribution in [0.5, 0.6) is 11.5 Å². The minimum atomic E-state index is -0.620. The summed E-state index contributed by atoms with van der Waals surface area (Å²) in [6.07, 6.45) is 3.67. The number of nitrogens with zero attached hydrogens (tertiary/aromatic N) is 1. The second-order valence-corrected chi connectivity index (χ2v) is 5.66. The Morgan fingerprint density at radius 1 is 1.33 bits per heavy atom.